The van der Waals surface area contributed by atoms with E-state index < -0.39 is 5.41 Å². The van der Waals surface area contributed by atoms with Crippen molar-refractivity contribution >= 4 is 34.6 Å². The number of anilines is 1. The fraction of sp³-hybridized carbons (Fsp3) is 0.370. The molecule has 37 heavy (non-hydrogen) atoms. The molecule has 0 aliphatic rings. The first-order valence-electron chi connectivity index (χ1n) is 11.6. The largest absolute Gasteiger partial charge is 0.399 e. The van der Waals surface area contributed by atoms with Crippen molar-refractivity contribution in [3.8, 4) is 0 Å². The first kappa shape index (κ1) is 29.0. The number of carbonyl (C=O) groups is 2. The number of carbonyl (C=O) groups excluding carboxylic acids is 2. The van der Waals surface area contributed by atoms with Gasteiger partial charge in [-0.1, -0.05) is 72.6 Å². The predicted octanol–water partition coefficient (Wildman–Crippen LogP) is 3.74. The predicted molar refractivity (Wildman–Crippen MR) is 145 cm³/mol. The number of likely N-dealkylation sites (N-methyl/N-ethyl adjacent to an activating group) is 1. The van der Waals surface area contributed by atoms with Crippen molar-refractivity contribution in [2.24, 2.45) is 20.9 Å². The van der Waals surface area contributed by atoms with Crippen molar-refractivity contribution in [1.29, 1.82) is 0 Å². The molecule has 0 aromatic heterocycles. The fourth-order valence-corrected chi connectivity index (χ4v) is 3.42. The lowest BCUT2D eigenvalue weighted by molar-refractivity contribution is -0.125. The van der Waals surface area contributed by atoms with E-state index in [1.165, 1.54) is 21.3 Å². The Morgan fingerprint density at radius 1 is 0.919 bits per heavy atom. The minimum Gasteiger partial charge on any atom is -0.399 e. The lowest BCUT2D eigenvalue weighted by atomic mass is 9.94. The zero-order valence-electron chi connectivity index (χ0n) is 22.7. The second-order valence-electron chi connectivity index (χ2n) is 9.09. The van der Waals surface area contributed by atoms with Gasteiger partial charge >= 0.3 is 0 Å². The molecule has 2 aromatic rings. The topological polar surface area (TPSA) is 114 Å². The van der Waals surface area contributed by atoms with Gasteiger partial charge in [0, 0.05) is 41.9 Å². The molecule has 1 N–H and O–H groups in total. The van der Waals surface area contributed by atoms with E-state index in [1.807, 2.05) is 57.2 Å². The van der Waals surface area contributed by atoms with Gasteiger partial charge in [-0.25, -0.2) is 0 Å². The highest BCUT2D eigenvalue weighted by molar-refractivity contribution is 6.47. The molecular weight excluding hydrogens is 474 g/mol. The molecule has 2 rings (SSSR count). The van der Waals surface area contributed by atoms with Gasteiger partial charge in [0.1, 0.15) is 32.2 Å². The molecule has 0 spiro atoms. The molecule has 0 heterocycles. The summed E-state index contributed by atoms with van der Waals surface area (Å²) in [7, 11) is 6.09. The van der Waals surface area contributed by atoms with Crippen molar-refractivity contribution in [2.45, 2.75) is 34.3 Å². The van der Waals surface area contributed by atoms with Crippen molar-refractivity contribution < 1.29 is 24.1 Å². The number of rotatable bonds is 10. The Morgan fingerprint density at radius 3 is 2.08 bits per heavy atom. The lowest BCUT2D eigenvalue weighted by Crippen LogP contribution is -2.36. The van der Waals surface area contributed by atoms with E-state index in [0.717, 1.165) is 11.3 Å². The van der Waals surface area contributed by atoms with E-state index in [2.05, 4.69) is 20.8 Å². The third kappa shape index (κ3) is 7.63. The molecule has 0 saturated carbocycles. The van der Waals surface area contributed by atoms with Crippen LogP contribution in [0.2, 0.25) is 0 Å². The number of benzene rings is 2. The number of amides is 2. The summed E-state index contributed by atoms with van der Waals surface area (Å²) in [5.41, 5.74) is 3.33. The van der Waals surface area contributed by atoms with Gasteiger partial charge in [-0.3, -0.25) is 9.59 Å². The Balaban J connectivity index is 2.24. The van der Waals surface area contributed by atoms with Crippen LogP contribution in [0.1, 0.15) is 44.4 Å². The van der Waals surface area contributed by atoms with E-state index in [-0.39, 0.29) is 24.1 Å². The maximum absolute atomic E-state index is 12.6. The molecule has 198 valence electrons. The van der Waals surface area contributed by atoms with Crippen molar-refractivity contribution in [3.63, 3.8) is 0 Å². The molecule has 0 fully saturated rings. The Bertz CT molecular complexity index is 1180. The van der Waals surface area contributed by atoms with Gasteiger partial charge in [0.2, 0.25) is 5.91 Å². The average Bonchev–Trinajstić information content (AvgIpc) is 2.89. The number of hydrogen-bond acceptors (Lipinski definition) is 8. The lowest BCUT2D eigenvalue weighted by Gasteiger charge is -2.26. The van der Waals surface area contributed by atoms with Crippen LogP contribution in [0.3, 0.4) is 0 Å². The Morgan fingerprint density at radius 2 is 1.51 bits per heavy atom. The first-order chi connectivity index (χ1) is 17.5. The quantitative estimate of drug-likeness (QED) is 0.387. The summed E-state index contributed by atoms with van der Waals surface area (Å²) in [5, 5.41) is 14.7. The number of nitrogens with zero attached hydrogens (tertiary/aromatic N) is 4. The highest BCUT2D eigenvalue weighted by atomic mass is 16.6. The summed E-state index contributed by atoms with van der Waals surface area (Å²) in [4.78, 5) is 42.0. The van der Waals surface area contributed by atoms with Crippen LogP contribution in [-0.2, 0) is 30.7 Å². The standard InChI is InChI=1S/C27H35N5O5/c1-18(29-37-17-20-11-9-10-12-22(20)24(31-36-8)25(33)28-5)23(30-35-7)19-13-15-21(16-14-19)32(6)26(34)27(2,3)4/h9-16H,17H2,1-8H3,(H,28,33)/b29-18+,30-23-,31-24+. The Labute approximate surface area is 217 Å². The van der Waals surface area contributed by atoms with Crippen molar-refractivity contribution in [2.75, 3.05) is 33.2 Å². The molecule has 0 unspecified atom stereocenters. The van der Waals surface area contributed by atoms with Crippen LogP contribution in [0.4, 0.5) is 5.69 Å². The average molecular weight is 510 g/mol. The summed E-state index contributed by atoms with van der Waals surface area (Å²) in [6.45, 7) is 7.46. The van der Waals surface area contributed by atoms with Crippen LogP contribution in [0.25, 0.3) is 0 Å². The van der Waals surface area contributed by atoms with E-state index in [0.29, 0.717) is 22.6 Å². The highest BCUT2D eigenvalue weighted by Crippen LogP contribution is 2.23. The van der Waals surface area contributed by atoms with E-state index in [4.69, 9.17) is 14.5 Å². The third-order valence-electron chi connectivity index (χ3n) is 5.32. The smallest absolute Gasteiger partial charge is 0.273 e. The number of hydrogen-bond donors (Lipinski definition) is 1. The highest BCUT2D eigenvalue weighted by Gasteiger charge is 2.26. The molecule has 0 aliphatic carbocycles. The van der Waals surface area contributed by atoms with Gasteiger partial charge in [0.25, 0.3) is 5.91 Å². The molecule has 2 aromatic carbocycles. The van der Waals surface area contributed by atoms with Crippen LogP contribution in [-0.4, -0.2) is 57.3 Å². The van der Waals surface area contributed by atoms with Crippen LogP contribution in [0, 0.1) is 5.41 Å². The Hall–Kier alpha value is -4.21. The van der Waals surface area contributed by atoms with Gasteiger partial charge in [0.05, 0.1) is 0 Å². The SMILES string of the molecule is CNC(=O)/C(=N/OC)c1ccccc1CO/N=C(C)/C(=N/OC)c1ccc(N(C)C(=O)C(C)(C)C)cc1. The molecule has 10 heteroatoms. The molecule has 0 saturated heterocycles. The summed E-state index contributed by atoms with van der Waals surface area (Å²) in [5.74, 6) is -0.380. The molecule has 10 nitrogen and oxygen atoms in total. The molecule has 2 amide bonds. The summed E-state index contributed by atoms with van der Waals surface area (Å²) < 4.78 is 0. The summed E-state index contributed by atoms with van der Waals surface area (Å²) >= 11 is 0. The minimum atomic E-state index is -0.494. The fourth-order valence-electron chi connectivity index (χ4n) is 3.42. The van der Waals surface area contributed by atoms with Gasteiger partial charge in [-0.05, 0) is 19.1 Å². The molecule has 0 aliphatic heterocycles. The molecule has 0 atom stereocenters. The van der Waals surface area contributed by atoms with Crippen LogP contribution < -0.4 is 10.2 Å². The van der Waals surface area contributed by atoms with E-state index in [1.54, 1.807) is 31.0 Å². The Kier molecular flexibility index (Phi) is 10.4. The van der Waals surface area contributed by atoms with Crippen molar-refractivity contribution in [3.05, 3.63) is 65.2 Å². The second-order valence-corrected chi connectivity index (χ2v) is 9.09. The van der Waals surface area contributed by atoms with Crippen molar-refractivity contribution in [1.82, 2.24) is 5.32 Å². The van der Waals surface area contributed by atoms with Gasteiger partial charge in [0.15, 0.2) is 5.71 Å². The maximum Gasteiger partial charge on any atom is 0.273 e. The van der Waals surface area contributed by atoms with Gasteiger partial charge in [-0.15, -0.1) is 0 Å². The molecule has 0 radical (unpaired) electrons. The third-order valence-corrected chi connectivity index (χ3v) is 5.32. The first-order valence-corrected chi connectivity index (χ1v) is 11.6. The number of nitrogens with one attached hydrogen (secondary N) is 1. The van der Waals surface area contributed by atoms with Gasteiger partial charge in [-0.2, -0.15) is 0 Å². The normalized spacial score (nSPS) is 12.6. The maximum atomic E-state index is 12.6. The minimum absolute atomic E-state index is 0.00701. The van der Waals surface area contributed by atoms with Crippen LogP contribution >= 0.6 is 0 Å². The zero-order chi connectivity index (χ0) is 27.6. The van der Waals surface area contributed by atoms with Gasteiger partial charge < -0.3 is 24.7 Å². The zero-order valence-corrected chi connectivity index (χ0v) is 22.7. The monoisotopic (exact) mass is 509 g/mol. The summed E-state index contributed by atoms with van der Waals surface area (Å²) in [6, 6.07) is 14.5. The second kappa shape index (κ2) is 13.2. The molecule has 0 bridgehead atoms. The van der Waals surface area contributed by atoms with Crippen LogP contribution in [0.5, 0.6) is 0 Å². The summed E-state index contributed by atoms with van der Waals surface area (Å²) in [6.07, 6.45) is 0. The molecular formula is C27H35N5O5. The number of oxime groups is 3. The van der Waals surface area contributed by atoms with Crippen LogP contribution in [0.15, 0.2) is 64.0 Å². The van der Waals surface area contributed by atoms with E-state index in [9.17, 15) is 9.59 Å². The van der Waals surface area contributed by atoms with E-state index >= 15 is 0 Å².